The zero-order valence-electron chi connectivity index (χ0n) is 34.3. The number of aryl methyl sites for hydroxylation is 1. The van der Waals surface area contributed by atoms with Crippen LogP contribution in [0.1, 0.15) is 141 Å². The topological polar surface area (TPSA) is 83.5 Å². The summed E-state index contributed by atoms with van der Waals surface area (Å²) < 4.78 is 2.50. The first kappa shape index (κ1) is 45.3. The van der Waals surface area contributed by atoms with Gasteiger partial charge in [0.15, 0.2) is 0 Å². The van der Waals surface area contributed by atoms with Crippen molar-refractivity contribution in [3.05, 3.63) is 72.5 Å². The van der Waals surface area contributed by atoms with Gasteiger partial charge in [0.25, 0.3) is 0 Å². The number of benzene rings is 2. The summed E-state index contributed by atoms with van der Waals surface area (Å²) >= 11 is 0. The molecule has 8 heteroatoms. The van der Waals surface area contributed by atoms with Gasteiger partial charge < -0.3 is 25.1 Å². The summed E-state index contributed by atoms with van der Waals surface area (Å²) in [4.78, 5) is 12.7. The van der Waals surface area contributed by atoms with Gasteiger partial charge in [0.1, 0.15) is 11.5 Å². The van der Waals surface area contributed by atoms with Crippen LogP contribution in [0.25, 0.3) is 0 Å². The number of aromatic hydroxyl groups is 2. The number of guanidine groups is 1. The standard InChI is InChI=1S/C42H63N5O2.2CH3.Co/c1-40(2,3)32-23-29(15-12-19-46-21-14-22-47-20-13-18-43-39(46)47)37(48)30(24-32)27-44-35-16-10-11-17-36(35)45-28-31-25-33(41(4,5)6)26-34(38(31)49)42(7,8)9;;;/h23-28,35-36H,10-22H2,1-9H3,(H2,44,45,48,49);2*1H3;/q;2*-1;/p+1. The van der Waals surface area contributed by atoms with Crippen LogP contribution in [0, 0.1) is 14.9 Å². The third-order valence-electron chi connectivity index (χ3n) is 10.6. The number of phenols is 2. The molecular weight excluding hydrogens is 689 g/mol. The quantitative estimate of drug-likeness (QED) is 0.143. The number of nitrogens with one attached hydrogen (secondary N) is 1. The number of rotatable bonds is 8. The summed E-state index contributed by atoms with van der Waals surface area (Å²) in [5.41, 5.74) is 5.67. The van der Waals surface area contributed by atoms with E-state index in [1.807, 2.05) is 12.4 Å². The first-order chi connectivity index (χ1) is 23.0. The SMILES string of the molecule is CC(C)(C)c1cc(C=NC2CCCCC2N=Cc2cc(C(C)(C)C)cc(C(C)(C)C)c2O)c(O)c(CCCN2CCC[N+]3=C2NCCC3)c1.[CH3-].[CH3-].[Co]. The molecule has 1 aliphatic carbocycles. The van der Waals surface area contributed by atoms with Crippen LogP contribution in [-0.2, 0) is 39.4 Å². The maximum absolute atomic E-state index is 11.6. The van der Waals surface area contributed by atoms with Gasteiger partial charge in [0, 0.05) is 58.7 Å². The van der Waals surface area contributed by atoms with E-state index in [0.29, 0.717) is 11.5 Å². The van der Waals surface area contributed by atoms with Crippen LogP contribution < -0.4 is 5.32 Å². The maximum Gasteiger partial charge on any atom is 0.348 e. The van der Waals surface area contributed by atoms with Gasteiger partial charge in [-0.05, 0) is 70.8 Å². The monoisotopic (exact) mass is 759 g/mol. The molecule has 5 rings (SSSR count). The van der Waals surface area contributed by atoms with Crippen LogP contribution in [0.2, 0.25) is 0 Å². The van der Waals surface area contributed by atoms with Crippen LogP contribution in [0.15, 0.2) is 34.3 Å². The predicted molar refractivity (Wildman–Crippen MR) is 219 cm³/mol. The van der Waals surface area contributed by atoms with Crippen LogP contribution in [0.4, 0.5) is 0 Å². The fraction of sp³-hybridized carbons (Fsp3) is 0.614. The number of phenolic OH excluding ortho intramolecular Hbond substituents is 2. The minimum atomic E-state index is -0.186. The van der Waals surface area contributed by atoms with Crippen molar-refractivity contribution in [2.24, 2.45) is 9.98 Å². The predicted octanol–water partition coefficient (Wildman–Crippen LogP) is 8.74. The van der Waals surface area contributed by atoms with Gasteiger partial charge in [-0.15, -0.1) is 0 Å². The molecule has 2 unspecified atom stereocenters. The van der Waals surface area contributed by atoms with Crippen LogP contribution in [-0.4, -0.2) is 82.9 Å². The Kier molecular flexibility index (Phi) is 16.1. The van der Waals surface area contributed by atoms with Gasteiger partial charge in [0.2, 0.25) is 0 Å². The average molecular weight is 760 g/mol. The number of nitrogens with zero attached hydrogens (tertiary/aromatic N) is 4. The molecular formula is C44H70CoN5O2-. The molecule has 0 aromatic heterocycles. The summed E-state index contributed by atoms with van der Waals surface area (Å²) in [6, 6.07) is 8.64. The smallest absolute Gasteiger partial charge is 0.348 e. The van der Waals surface area contributed by atoms with Crippen molar-refractivity contribution < 1.29 is 31.6 Å². The van der Waals surface area contributed by atoms with Crippen molar-refractivity contribution in [1.29, 1.82) is 0 Å². The van der Waals surface area contributed by atoms with Gasteiger partial charge >= 0.3 is 5.96 Å². The number of aliphatic imine (C=N–C) groups is 2. The van der Waals surface area contributed by atoms with Crippen LogP contribution in [0.3, 0.4) is 0 Å². The minimum absolute atomic E-state index is 0. The third-order valence-corrected chi connectivity index (χ3v) is 10.6. The Morgan fingerprint density at radius 1 is 0.750 bits per heavy atom. The van der Waals surface area contributed by atoms with E-state index in [-0.39, 0.29) is 60.0 Å². The molecule has 1 fully saturated rings. The van der Waals surface area contributed by atoms with Crippen LogP contribution >= 0.6 is 0 Å². The molecule has 2 aliphatic heterocycles. The average Bonchev–Trinajstić information content (AvgIpc) is 3.03. The summed E-state index contributed by atoms with van der Waals surface area (Å²) in [5, 5.41) is 26.6. The zero-order valence-corrected chi connectivity index (χ0v) is 35.4. The molecule has 2 aromatic rings. The molecule has 0 amide bonds. The summed E-state index contributed by atoms with van der Waals surface area (Å²) in [6.45, 7) is 25.2. The van der Waals surface area contributed by atoms with Crippen molar-refractivity contribution in [2.75, 3.05) is 32.7 Å². The van der Waals surface area contributed by atoms with Gasteiger partial charge in [-0.1, -0.05) is 87.3 Å². The van der Waals surface area contributed by atoms with Crippen molar-refractivity contribution in [3.8, 4) is 11.5 Å². The van der Waals surface area contributed by atoms with Gasteiger partial charge in [-0.2, -0.15) is 0 Å². The zero-order chi connectivity index (χ0) is 35.6. The fourth-order valence-corrected chi connectivity index (χ4v) is 7.45. The van der Waals surface area contributed by atoms with E-state index in [2.05, 4.69) is 101 Å². The molecule has 1 saturated carbocycles. The van der Waals surface area contributed by atoms with E-state index in [0.717, 1.165) is 93.5 Å². The summed E-state index contributed by atoms with van der Waals surface area (Å²) in [5.74, 6) is 1.98. The molecule has 0 saturated heterocycles. The van der Waals surface area contributed by atoms with Gasteiger partial charge in [0.05, 0.1) is 44.8 Å². The normalized spacial score (nSPS) is 19.8. The molecule has 52 heavy (non-hydrogen) atoms. The summed E-state index contributed by atoms with van der Waals surface area (Å²) in [6.07, 6.45) is 12.2. The Bertz CT molecular complexity index is 1570. The molecule has 2 atom stereocenters. The minimum Gasteiger partial charge on any atom is -0.507 e. The van der Waals surface area contributed by atoms with E-state index >= 15 is 0 Å². The molecule has 0 bridgehead atoms. The second-order valence-corrected chi connectivity index (χ2v) is 17.8. The van der Waals surface area contributed by atoms with Crippen molar-refractivity contribution >= 4 is 18.4 Å². The number of hydrogen-bond acceptors (Lipinski definition) is 6. The fourth-order valence-electron chi connectivity index (χ4n) is 7.45. The van der Waals surface area contributed by atoms with E-state index in [1.165, 1.54) is 29.9 Å². The van der Waals surface area contributed by atoms with Gasteiger partial charge in [-0.3, -0.25) is 24.8 Å². The first-order valence-electron chi connectivity index (χ1n) is 18.9. The van der Waals surface area contributed by atoms with E-state index in [4.69, 9.17) is 9.98 Å². The van der Waals surface area contributed by atoms with Crippen molar-refractivity contribution in [3.63, 3.8) is 0 Å². The molecule has 0 spiro atoms. The summed E-state index contributed by atoms with van der Waals surface area (Å²) in [7, 11) is 0. The molecule has 3 N–H and O–H groups in total. The largest absolute Gasteiger partial charge is 0.507 e. The van der Waals surface area contributed by atoms with E-state index < -0.39 is 0 Å². The van der Waals surface area contributed by atoms with Crippen molar-refractivity contribution in [1.82, 2.24) is 10.2 Å². The second-order valence-electron chi connectivity index (χ2n) is 17.8. The molecule has 7 nitrogen and oxygen atoms in total. The molecule has 2 heterocycles. The Morgan fingerprint density at radius 3 is 1.85 bits per heavy atom. The van der Waals surface area contributed by atoms with E-state index in [1.54, 1.807) is 0 Å². The molecule has 2 aromatic carbocycles. The Morgan fingerprint density at radius 2 is 1.29 bits per heavy atom. The Hall–Kier alpha value is -2.84. The van der Waals surface area contributed by atoms with Gasteiger partial charge in [-0.25, -0.2) is 0 Å². The molecule has 1 radical (unpaired) electrons. The second kappa shape index (κ2) is 18.5. The Balaban J connectivity index is 0.00000312. The third kappa shape index (κ3) is 11.1. The van der Waals surface area contributed by atoms with Crippen LogP contribution in [0.5, 0.6) is 11.5 Å². The number of hydrogen-bond donors (Lipinski definition) is 3. The van der Waals surface area contributed by atoms with Crippen molar-refractivity contribution in [2.45, 2.75) is 142 Å². The molecule has 293 valence electrons. The van der Waals surface area contributed by atoms with E-state index in [9.17, 15) is 10.2 Å². The maximum atomic E-state index is 11.6. The Labute approximate surface area is 327 Å². The molecule has 3 aliphatic rings. The first-order valence-corrected chi connectivity index (χ1v) is 18.9.